The molecule has 31 heavy (non-hydrogen) atoms. The van der Waals surface area contributed by atoms with E-state index < -0.39 is 5.63 Å². The lowest BCUT2D eigenvalue weighted by atomic mass is 10.1. The summed E-state index contributed by atoms with van der Waals surface area (Å²) in [6, 6.07) is 6.37. The smallest absolute Gasteiger partial charge is 0.339 e. The van der Waals surface area contributed by atoms with Crippen LogP contribution >= 0.6 is 0 Å². The zero-order chi connectivity index (χ0) is 22.4. The summed E-state index contributed by atoms with van der Waals surface area (Å²) in [5.41, 5.74) is 0.00873. The normalized spacial score (nSPS) is 15.6. The number of likely N-dealkylation sites (tertiary alicyclic amines) is 1. The van der Waals surface area contributed by atoms with Gasteiger partial charge in [-0.05, 0) is 39.8 Å². The second-order valence-electron chi connectivity index (χ2n) is 7.10. The van der Waals surface area contributed by atoms with Crippen molar-refractivity contribution in [1.29, 1.82) is 0 Å². The molecule has 2 aromatic rings. The Morgan fingerprint density at radius 3 is 2.26 bits per heavy atom. The Hall–Kier alpha value is -3.16. The topological polar surface area (TPSA) is 87.4 Å². The zero-order valence-corrected chi connectivity index (χ0v) is 18.4. The number of hydrogen-bond donors (Lipinski definition) is 0. The first-order valence-electron chi connectivity index (χ1n) is 10.6. The molecule has 8 heteroatoms. The molecule has 3 rings (SSSR count). The van der Waals surface area contributed by atoms with Crippen LogP contribution in [0.1, 0.15) is 43.3 Å². The number of carbonyl (C=O) groups excluding carboxylic acids is 1. The number of nitrogens with zero attached hydrogens (tertiary/aromatic N) is 1. The highest BCUT2D eigenvalue weighted by molar-refractivity contribution is 5.96. The Morgan fingerprint density at radius 1 is 1.03 bits per heavy atom. The molecule has 0 spiro atoms. The molecule has 0 N–H and O–H groups in total. The summed E-state index contributed by atoms with van der Waals surface area (Å²) in [4.78, 5) is 26.5. The highest BCUT2D eigenvalue weighted by Gasteiger charge is 2.30. The van der Waals surface area contributed by atoms with Crippen LogP contribution in [0.3, 0.4) is 0 Å². The van der Waals surface area contributed by atoms with Crippen LogP contribution in [0.2, 0.25) is 0 Å². The van der Waals surface area contributed by atoms with Gasteiger partial charge in [0.1, 0.15) is 17.6 Å². The highest BCUT2D eigenvalue weighted by atomic mass is 16.5. The third-order valence-electron chi connectivity index (χ3n) is 4.76. The summed E-state index contributed by atoms with van der Waals surface area (Å²) >= 11 is 0. The van der Waals surface area contributed by atoms with Gasteiger partial charge in [-0.1, -0.05) is 0 Å². The molecular formula is C23H29NO7. The maximum absolute atomic E-state index is 13.2. The largest absolute Gasteiger partial charge is 0.490 e. The molecule has 1 aromatic carbocycles. The van der Waals surface area contributed by atoms with Crippen molar-refractivity contribution in [1.82, 2.24) is 4.90 Å². The Morgan fingerprint density at radius 2 is 1.68 bits per heavy atom. The number of aryl methyl sites for hydroxylation is 1. The van der Waals surface area contributed by atoms with Crippen molar-refractivity contribution in [2.24, 2.45) is 0 Å². The van der Waals surface area contributed by atoms with E-state index in [1.165, 1.54) is 6.07 Å². The standard InChI is InChI=1S/C23H29NO7/c1-5-27-19-11-16(12-20(28-6-2)22(19)29-7-3)23(26)24-9-8-17(14-24)31-18-10-15(4)30-21(25)13-18/h10-13,17H,5-9,14H2,1-4H3. The van der Waals surface area contributed by atoms with Gasteiger partial charge >= 0.3 is 5.63 Å². The van der Waals surface area contributed by atoms with Gasteiger partial charge in [-0.2, -0.15) is 0 Å². The van der Waals surface area contributed by atoms with Crippen molar-refractivity contribution >= 4 is 5.91 Å². The van der Waals surface area contributed by atoms with Gasteiger partial charge in [0.15, 0.2) is 11.5 Å². The van der Waals surface area contributed by atoms with Crippen molar-refractivity contribution in [3.8, 4) is 23.0 Å². The molecule has 0 bridgehead atoms. The summed E-state index contributed by atoms with van der Waals surface area (Å²) in [5.74, 6) is 2.26. The molecule has 168 valence electrons. The molecule has 1 unspecified atom stereocenters. The molecule has 1 saturated heterocycles. The Kier molecular flexibility index (Phi) is 7.44. The Bertz CT molecular complexity index is 942. The molecule has 1 aromatic heterocycles. The third kappa shape index (κ3) is 5.51. The van der Waals surface area contributed by atoms with Crippen LogP contribution in [0, 0.1) is 6.92 Å². The van der Waals surface area contributed by atoms with Gasteiger partial charge in [0, 0.05) is 24.6 Å². The van der Waals surface area contributed by atoms with E-state index in [1.807, 2.05) is 20.8 Å². The summed E-state index contributed by atoms with van der Waals surface area (Å²) in [5, 5.41) is 0. The lowest BCUT2D eigenvalue weighted by Gasteiger charge is -2.20. The summed E-state index contributed by atoms with van der Waals surface area (Å²) < 4.78 is 28.0. The first kappa shape index (κ1) is 22.5. The van der Waals surface area contributed by atoms with E-state index in [-0.39, 0.29) is 12.0 Å². The van der Waals surface area contributed by atoms with E-state index in [1.54, 1.807) is 30.0 Å². The molecule has 1 atom stereocenters. The fraction of sp³-hybridized carbons (Fsp3) is 0.478. The van der Waals surface area contributed by atoms with Gasteiger partial charge in [0.2, 0.25) is 5.75 Å². The van der Waals surface area contributed by atoms with Gasteiger partial charge < -0.3 is 28.3 Å². The Labute approximate surface area is 181 Å². The number of hydrogen-bond acceptors (Lipinski definition) is 7. The van der Waals surface area contributed by atoms with Crippen molar-refractivity contribution < 1.29 is 28.2 Å². The predicted octanol–water partition coefficient (Wildman–Crippen LogP) is 3.44. The molecule has 2 heterocycles. The SMILES string of the molecule is CCOc1cc(C(=O)N2CCC(Oc3cc(C)oc(=O)c3)C2)cc(OCC)c1OCC. The van der Waals surface area contributed by atoms with Crippen molar-refractivity contribution in [2.75, 3.05) is 32.9 Å². The van der Waals surface area contributed by atoms with Gasteiger partial charge in [0.25, 0.3) is 5.91 Å². The second-order valence-corrected chi connectivity index (χ2v) is 7.10. The average molecular weight is 431 g/mol. The van der Waals surface area contributed by atoms with Crippen molar-refractivity contribution in [2.45, 2.75) is 40.2 Å². The Balaban J connectivity index is 1.78. The fourth-order valence-electron chi connectivity index (χ4n) is 3.54. The van der Waals surface area contributed by atoms with E-state index in [2.05, 4.69) is 0 Å². The number of carbonyl (C=O) groups is 1. The first-order chi connectivity index (χ1) is 14.9. The summed E-state index contributed by atoms with van der Waals surface area (Å²) in [6.45, 7) is 9.61. The quantitative estimate of drug-likeness (QED) is 0.601. The molecule has 0 aliphatic carbocycles. The molecule has 1 amide bonds. The van der Waals surface area contributed by atoms with Crippen LogP contribution in [0.15, 0.2) is 33.5 Å². The van der Waals surface area contributed by atoms with E-state index in [9.17, 15) is 9.59 Å². The first-order valence-corrected chi connectivity index (χ1v) is 10.6. The minimum absolute atomic E-state index is 0.139. The summed E-state index contributed by atoms with van der Waals surface area (Å²) in [7, 11) is 0. The van der Waals surface area contributed by atoms with E-state index in [0.29, 0.717) is 73.7 Å². The van der Waals surface area contributed by atoms with Crippen LogP contribution < -0.4 is 24.6 Å². The van der Waals surface area contributed by atoms with Gasteiger partial charge in [-0.15, -0.1) is 0 Å². The molecule has 1 aliphatic rings. The fourth-order valence-corrected chi connectivity index (χ4v) is 3.54. The number of rotatable bonds is 9. The summed E-state index contributed by atoms with van der Waals surface area (Å²) in [6.07, 6.45) is 0.462. The molecule has 8 nitrogen and oxygen atoms in total. The van der Waals surface area contributed by atoms with Crippen molar-refractivity contribution in [3.05, 3.63) is 46.0 Å². The van der Waals surface area contributed by atoms with E-state index in [4.69, 9.17) is 23.4 Å². The van der Waals surface area contributed by atoms with E-state index >= 15 is 0 Å². The number of benzene rings is 1. The monoisotopic (exact) mass is 431 g/mol. The van der Waals surface area contributed by atoms with Gasteiger partial charge in [-0.3, -0.25) is 4.79 Å². The van der Waals surface area contributed by atoms with Crippen LogP contribution in [0.25, 0.3) is 0 Å². The van der Waals surface area contributed by atoms with E-state index in [0.717, 1.165) is 0 Å². The van der Waals surface area contributed by atoms with Crippen LogP contribution in [0.5, 0.6) is 23.0 Å². The minimum Gasteiger partial charge on any atom is -0.490 e. The zero-order valence-electron chi connectivity index (χ0n) is 18.4. The average Bonchev–Trinajstić information content (AvgIpc) is 3.17. The number of ether oxygens (including phenoxy) is 4. The highest BCUT2D eigenvalue weighted by Crippen LogP contribution is 2.39. The lowest BCUT2D eigenvalue weighted by Crippen LogP contribution is -2.31. The van der Waals surface area contributed by atoms with Gasteiger partial charge in [0.05, 0.1) is 32.4 Å². The molecule has 0 saturated carbocycles. The van der Waals surface area contributed by atoms with Crippen LogP contribution in [0.4, 0.5) is 0 Å². The predicted molar refractivity (Wildman–Crippen MR) is 115 cm³/mol. The van der Waals surface area contributed by atoms with Crippen LogP contribution in [-0.2, 0) is 0 Å². The van der Waals surface area contributed by atoms with Crippen molar-refractivity contribution in [3.63, 3.8) is 0 Å². The third-order valence-corrected chi connectivity index (χ3v) is 4.76. The molecule has 1 aliphatic heterocycles. The number of amides is 1. The second kappa shape index (κ2) is 10.2. The minimum atomic E-state index is -0.456. The maximum atomic E-state index is 13.2. The molecular weight excluding hydrogens is 402 g/mol. The molecule has 1 fully saturated rings. The molecule has 0 radical (unpaired) electrons. The maximum Gasteiger partial charge on any atom is 0.339 e. The van der Waals surface area contributed by atoms with Gasteiger partial charge in [-0.25, -0.2) is 4.79 Å². The lowest BCUT2D eigenvalue weighted by molar-refractivity contribution is 0.0771. The van der Waals surface area contributed by atoms with Crippen LogP contribution in [-0.4, -0.2) is 49.8 Å².